The average Bonchev–Trinajstić information content (AvgIpc) is 3.80. The third-order valence-corrected chi connectivity index (χ3v) is 10.5. The lowest BCUT2D eigenvalue weighted by Gasteiger charge is -2.02. The summed E-state index contributed by atoms with van der Waals surface area (Å²) in [6.45, 7) is 8.42. The van der Waals surface area contributed by atoms with Crippen LogP contribution in [-0.2, 0) is 27.1 Å². The molecule has 3 heterocycles. The quantitative estimate of drug-likeness (QED) is 0.0818. The van der Waals surface area contributed by atoms with E-state index >= 15 is 0 Å². The average molecular weight is 615 g/mol. The van der Waals surface area contributed by atoms with Gasteiger partial charge in [-0.05, 0) is 72.5 Å². The molecule has 0 unspecified atom stereocenters. The molecule has 0 radical (unpaired) electrons. The second-order valence-corrected chi connectivity index (χ2v) is 13.2. The minimum absolute atomic E-state index is 0.662. The minimum Gasteiger partial charge on any atom is -0.381 e. The van der Waals surface area contributed by atoms with Gasteiger partial charge in [0.2, 0.25) is 0 Å². The van der Waals surface area contributed by atoms with Crippen LogP contribution < -0.4 is 0 Å². The standard InChI is InChI=1S/C36H38O3S3/c1-3-37-23-21-31-15-17-33(40-31)29-11-7-27(8-12-29)5-6-28-9-13-30(14-10-28)34-19-20-36(42-34)35-18-16-32(41-35)22-24-39-26-25-38-4-2/h5-20H,3-4,21-26H2,1-2H3/b6-5+. The van der Waals surface area contributed by atoms with Gasteiger partial charge in [-0.2, -0.15) is 0 Å². The van der Waals surface area contributed by atoms with E-state index in [-0.39, 0.29) is 0 Å². The van der Waals surface area contributed by atoms with Gasteiger partial charge in [-0.25, -0.2) is 0 Å². The Kier molecular flexibility index (Phi) is 11.8. The number of ether oxygens (including phenoxy) is 3. The second-order valence-electron chi connectivity index (χ2n) is 9.78. The van der Waals surface area contributed by atoms with Crippen LogP contribution in [-0.4, -0.2) is 39.6 Å². The maximum atomic E-state index is 5.68. The fourth-order valence-corrected chi connectivity index (χ4v) is 7.59. The summed E-state index contributed by atoms with van der Waals surface area (Å²) in [7, 11) is 0. The Bertz CT molecular complexity index is 1520. The van der Waals surface area contributed by atoms with Gasteiger partial charge in [-0.3, -0.25) is 0 Å². The van der Waals surface area contributed by atoms with Gasteiger partial charge in [0.05, 0.1) is 26.4 Å². The van der Waals surface area contributed by atoms with Gasteiger partial charge in [-0.15, -0.1) is 34.0 Å². The SMILES string of the molecule is CCOCCOCCc1ccc(-c2ccc(-c3ccc(/C=C/c4ccc(-c5ccc(CCOCC)s5)cc4)cc3)s2)s1. The van der Waals surface area contributed by atoms with Crippen molar-refractivity contribution in [1.82, 2.24) is 0 Å². The van der Waals surface area contributed by atoms with E-state index < -0.39 is 0 Å². The summed E-state index contributed by atoms with van der Waals surface area (Å²) < 4.78 is 16.5. The number of rotatable bonds is 16. The predicted octanol–water partition coefficient (Wildman–Crippen LogP) is 10.2. The zero-order valence-corrected chi connectivity index (χ0v) is 26.8. The van der Waals surface area contributed by atoms with Crippen molar-refractivity contribution in [2.45, 2.75) is 26.7 Å². The van der Waals surface area contributed by atoms with Crippen LogP contribution in [0.25, 0.3) is 42.8 Å². The van der Waals surface area contributed by atoms with Crippen molar-refractivity contribution in [2.24, 2.45) is 0 Å². The van der Waals surface area contributed by atoms with E-state index in [1.54, 1.807) is 0 Å². The van der Waals surface area contributed by atoms with E-state index in [4.69, 9.17) is 14.2 Å². The lowest BCUT2D eigenvalue weighted by Crippen LogP contribution is -2.05. The van der Waals surface area contributed by atoms with Crippen LogP contribution in [0.2, 0.25) is 0 Å². The molecule has 0 atom stereocenters. The van der Waals surface area contributed by atoms with Crippen molar-refractivity contribution in [2.75, 3.05) is 39.6 Å². The second kappa shape index (κ2) is 16.1. The van der Waals surface area contributed by atoms with Gasteiger partial charge in [-0.1, -0.05) is 60.7 Å². The van der Waals surface area contributed by atoms with Gasteiger partial charge in [0, 0.05) is 55.3 Å². The molecule has 6 heteroatoms. The van der Waals surface area contributed by atoms with Crippen molar-refractivity contribution >= 4 is 46.2 Å². The van der Waals surface area contributed by atoms with E-state index in [0.717, 1.165) is 39.3 Å². The molecule has 5 aromatic rings. The Hall–Kier alpha value is -2.84. The van der Waals surface area contributed by atoms with Crippen LogP contribution in [0.4, 0.5) is 0 Å². The molecule has 0 aliphatic carbocycles. The van der Waals surface area contributed by atoms with Crippen molar-refractivity contribution in [1.29, 1.82) is 0 Å². The summed E-state index contributed by atoms with van der Waals surface area (Å²) >= 11 is 5.56. The third-order valence-electron chi connectivity index (χ3n) is 6.80. The van der Waals surface area contributed by atoms with E-state index in [2.05, 4.69) is 97.1 Å². The van der Waals surface area contributed by atoms with Crippen molar-refractivity contribution < 1.29 is 14.2 Å². The van der Waals surface area contributed by atoms with Crippen LogP contribution in [0.5, 0.6) is 0 Å². The molecule has 0 fully saturated rings. The first kappa shape index (κ1) is 30.6. The van der Waals surface area contributed by atoms with E-state index in [9.17, 15) is 0 Å². The smallest absolute Gasteiger partial charge is 0.0700 e. The van der Waals surface area contributed by atoms with Crippen molar-refractivity contribution in [3.05, 3.63) is 106 Å². The third kappa shape index (κ3) is 8.83. The zero-order valence-electron chi connectivity index (χ0n) is 24.3. The zero-order chi connectivity index (χ0) is 29.0. The lowest BCUT2D eigenvalue weighted by atomic mass is 10.1. The highest BCUT2D eigenvalue weighted by Gasteiger charge is 2.08. The first-order valence-electron chi connectivity index (χ1n) is 14.6. The molecule has 5 rings (SSSR count). The molecule has 218 valence electrons. The fraction of sp³-hybridized carbons (Fsp3) is 0.278. The van der Waals surface area contributed by atoms with Crippen LogP contribution in [0, 0.1) is 0 Å². The highest BCUT2D eigenvalue weighted by molar-refractivity contribution is 7.23. The Labute approximate surface area is 262 Å². The topological polar surface area (TPSA) is 27.7 Å². The van der Waals surface area contributed by atoms with Gasteiger partial charge < -0.3 is 14.2 Å². The summed E-state index contributed by atoms with van der Waals surface area (Å²) in [6.07, 6.45) is 6.29. The number of thiophene rings is 3. The molecule has 0 saturated heterocycles. The predicted molar refractivity (Wildman–Crippen MR) is 183 cm³/mol. The van der Waals surface area contributed by atoms with E-state index in [1.165, 1.54) is 51.5 Å². The molecule has 0 N–H and O–H groups in total. The molecule has 0 amide bonds. The molecular formula is C36H38O3S3. The van der Waals surface area contributed by atoms with Gasteiger partial charge in [0.25, 0.3) is 0 Å². The molecule has 2 aromatic carbocycles. The Morgan fingerprint density at radius 3 is 1.50 bits per heavy atom. The van der Waals surface area contributed by atoms with Gasteiger partial charge >= 0.3 is 0 Å². The van der Waals surface area contributed by atoms with Crippen molar-refractivity contribution in [3.63, 3.8) is 0 Å². The maximum absolute atomic E-state index is 5.68. The molecule has 0 spiro atoms. The van der Waals surface area contributed by atoms with Crippen LogP contribution in [0.15, 0.2) is 84.9 Å². The summed E-state index contributed by atoms with van der Waals surface area (Å²) in [5.41, 5.74) is 4.92. The molecule has 3 nitrogen and oxygen atoms in total. The van der Waals surface area contributed by atoms with E-state index in [0.29, 0.717) is 13.2 Å². The lowest BCUT2D eigenvalue weighted by molar-refractivity contribution is 0.0543. The molecule has 0 bridgehead atoms. The fourth-order valence-electron chi connectivity index (χ4n) is 4.50. The summed E-state index contributed by atoms with van der Waals surface area (Å²) in [6, 6.07) is 31.0. The number of benzene rings is 2. The minimum atomic E-state index is 0.662. The maximum Gasteiger partial charge on any atom is 0.0700 e. The monoisotopic (exact) mass is 614 g/mol. The van der Waals surface area contributed by atoms with Gasteiger partial charge in [0.1, 0.15) is 0 Å². The van der Waals surface area contributed by atoms with E-state index in [1.807, 2.05) is 47.9 Å². The van der Waals surface area contributed by atoms with Crippen LogP contribution in [0.1, 0.15) is 34.7 Å². The Morgan fingerprint density at radius 1 is 0.452 bits per heavy atom. The Balaban J connectivity index is 1.13. The highest BCUT2D eigenvalue weighted by Crippen LogP contribution is 2.38. The highest BCUT2D eigenvalue weighted by atomic mass is 32.1. The molecule has 0 aliphatic rings. The largest absolute Gasteiger partial charge is 0.381 e. The van der Waals surface area contributed by atoms with Crippen molar-refractivity contribution in [3.8, 4) is 30.6 Å². The summed E-state index contributed by atoms with van der Waals surface area (Å²) in [5.74, 6) is 0. The molecule has 0 aliphatic heterocycles. The first-order valence-corrected chi connectivity index (χ1v) is 17.1. The number of hydrogen-bond donors (Lipinski definition) is 0. The normalized spacial score (nSPS) is 11.6. The Morgan fingerprint density at radius 2 is 0.881 bits per heavy atom. The summed E-state index contributed by atoms with van der Waals surface area (Å²) in [5, 5.41) is 0. The van der Waals surface area contributed by atoms with Crippen LogP contribution in [0.3, 0.4) is 0 Å². The molecule has 42 heavy (non-hydrogen) atoms. The first-order chi connectivity index (χ1) is 20.7. The molecular weight excluding hydrogens is 577 g/mol. The van der Waals surface area contributed by atoms with Crippen LogP contribution >= 0.6 is 34.0 Å². The summed E-state index contributed by atoms with van der Waals surface area (Å²) in [4.78, 5) is 7.97. The number of hydrogen-bond acceptors (Lipinski definition) is 6. The molecule has 0 saturated carbocycles. The molecule has 3 aromatic heterocycles. The van der Waals surface area contributed by atoms with Gasteiger partial charge in [0.15, 0.2) is 0 Å².